The van der Waals surface area contributed by atoms with Gasteiger partial charge in [-0.25, -0.2) is 8.42 Å². The molecule has 3 heterocycles. The van der Waals surface area contributed by atoms with Crippen LogP contribution in [0.2, 0.25) is 5.15 Å². The Hall–Kier alpha value is -1.91. The van der Waals surface area contributed by atoms with Crippen LogP contribution in [0.1, 0.15) is 25.5 Å². The molecule has 0 radical (unpaired) electrons. The Morgan fingerprint density at radius 2 is 2.04 bits per heavy atom. The van der Waals surface area contributed by atoms with E-state index in [4.69, 9.17) is 11.6 Å². The molecule has 1 N–H and O–H groups in total. The zero-order valence-electron chi connectivity index (χ0n) is 15.5. The fourth-order valence-corrected chi connectivity index (χ4v) is 5.41. The minimum atomic E-state index is -3.74. The first-order valence-corrected chi connectivity index (χ1v) is 10.6. The summed E-state index contributed by atoms with van der Waals surface area (Å²) in [4.78, 5) is 12.5. The molecule has 0 aromatic carbocycles. The van der Waals surface area contributed by atoms with Gasteiger partial charge in [-0.2, -0.15) is 14.5 Å². The Morgan fingerprint density at radius 1 is 1.37 bits per heavy atom. The molecule has 2 aromatic rings. The summed E-state index contributed by atoms with van der Waals surface area (Å²) in [6.45, 7) is 4.83. The summed E-state index contributed by atoms with van der Waals surface area (Å²) in [7, 11) is -2.13. The number of nitrogens with zero attached hydrogens (tertiary/aromatic N) is 5. The highest BCUT2D eigenvalue weighted by molar-refractivity contribution is 7.89. The molecule has 0 unspecified atom stereocenters. The Labute approximate surface area is 163 Å². The average Bonchev–Trinajstić information content (AvgIpc) is 3.19. The lowest BCUT2D eigenvalue weighted by molar-refractivity contribution is -0.120. The van der Waals surface area contributed by atoms with E-state index in [-0.39, 0.29) is 35.0 Å². The van der Waals surface area contributed by atoms with Gasteiger partial charge in [0, 0.05) is 38.8 Å². The Balaban J connectivity index is 1.65. The summed E-state index contributed by atoms with van der Waals surface area (Å²) < 4.78 is 30.3. The van der Waals surface area contributed by atoms with E-state index in [0.29, 0.717) is 24.2 Å². The van der Waals surface area contributed by atoms with E-state index in [1.807, 2.05) is 6.92 Å². The summed E-state index contributed by atoms with van der Waals surface area (Å²) in [6.07, 6.45) is 4.27. The maximum atomic E-state index is 12.9. The number of carbonyl (C=O) groups excluding carboxylic acids is 1. The molecule has 9 nitrogen and oxygen atoms in total. The molecule has 11 heteroatoms. The lowest BCUT2D eigenvalue weighted by Crippen LogP contribution is -2.41. The van der Waals surface area contributed by atoms with E-state index in [1.165, 1.54) is 8.99 Å². The fraction of sp³-hybridized carbons (Fsp3) is 0.562. The first-order valence-electron chi connectivity index (χ1n) is 8.76. The number of hydrogen-bond donors (Lipinski definition) is 1. The minimum Gasteiger partial charge on any atom is -0.323 e. The number of aryl methyl sites for hydroxylation is 3. The van der Waals surface area contributed by atoms with E-state index >= 15 is 0 Å². The van der Waals surface area contributed by atoms with Crippen molar-refractivity contribution in [1.29, 1.82) is 0 Å². The number of piperidine rings is 1. The molecular formula is C16H23ClN6O3S. The molecule has 1 fully saturated rings. The van der Waals surface area contributed by atoms with Gasteiger partial charge in [-0.3, -0.25) is 14.2 Å². The molecule has 2 aromatic heterocycles. The summed E-state index contributed by atoms with van der Waals surface area (Å²) >= 11 is 6.12. The largest absolute Gasteiger partial charge is 0.323 e. The minimum absolute atomic E-state index is 0.0431. The molecule has 1 saturated heterocycles. The van der Waals surface area contributed by atoms with Gasteiger partial charge in [0.05, 0.1) is 17.6 Å². The number of aromatic nitrogens is 4. The predicted molar refractivity (Wildman–Crippen MR) is 101 cm³/mol. The van der Waals surface area contributed by atoms with Gasteiger partial charge < -0.3 is 5.32 Å². The lowest BCUT2D eigenvalue weighted by Gasteiger charge is -2.30. The molecule has 0 saturated carbocycles. The molecule has 0 spiro atoms. The highest BCUT2D eigenvalue weighted by Crippen LogP contribution is 2.30. The highest BCUT2D eigenvalue weighted by Gasteiger charge is 2.35. The van der Waals surface area contributed by atoms with Crippen molar-refractivity contribution >= 4 is 33.2 Å². The first kappa shape index (κ1) is 19.8. The molecule has 1 aliphatic heterocycles. The molecule has 0 bridgehead atoms. The van der Waals surface area contributed by atoms with Crippen LogP contribution in [-0.2, 0) is 28.4 Å². The number of anilines is 1. The topological polar surface area (TPSA) is 102 Å². The summed E-state index contributed by atoms with van der Waals surface area (Å²) in [5.41, 5.74) is 1.02. The fourth-order valence-electron chi connectivity index (χ4n) is 3.24. The third-order valence-electron chi connectivity index (χ3n) is 4.75. The van der Waals surface area contributed by atoms with Gasteiger partial charge in [0.1, 0.15) is 10.0 Å². The second-order valence-corrected chi connectivity index (χ2v) is 8.81. The van der Waals surface area contributed by atoms with Crippen molar-refractivity contribution in [2.45, 2.75) is 38.1 Å². The van der Waals surface area contributed by atoms with Gasteiger partial charge in [-0.1, -0.05) is 11.6 Å². The highest BCUT2D eigenvalue weighted by atomic mass is 35.5. The Kier molecular flexibility index (Phi) is 5.59. The zero-order valence-corrected chi connectivity index (χ0v) is 17.1. The van der Waals surface area contributed by atoms with Crippen LogP contribution >= 0.6 is 11.6 Å². The second kappa shape index (κ2) is 7.61. The van der Waals surface area contributed by atoms with Crippen LogP contribution < -0.4 is 5.32 Å². The SMILES string of the molecule is CCn1cc(NC(=O)C2CCN(S(=O)(=O)c3c(C)nn(C)c3Cl)CC2)cn1. The quantitative estimate of drug-likeness (QED) is 0.801. The number of carbonyl (C=O) groups is 1. The monoisotopic (exact) mass is 414 g/mol. The third kappa shape index (κ3) is 3.87. The molecule has 1 aliphatic rings. The van der Waals surface area contributed by atoms with Gasteiger partial charge in [-0.15, -0.1) is 0 Å². The Bertz CT molecular complexity index is 944. The number of rotatable bonds is 5. The van der Waals surface area contributed by atoms with Crippen molar-refractivity contribution in [3.63, 3.8) is 0 Å². The summed E-state index contributed by atoms with van der Waals surface area (Å²) in [5.74, 6) is -0.356. The van der Waals surface area contributed by atoms with Crippen LogP contribution in [0.3, 0.4) is 0 Å². The van der Waals surface area contributed by atoms with Gasteiger partial charge in [0.25, 0.3) is 0 Å². The second-order valence-electron chi connectivity index (χ2n) is 6.58. The number of sulfonamides is 1. The van der Waals surface area contributed by atoms with Crippen LogP contribution in [0.25, 0.3) is 0 Å². The third-order valence-corrected chi connectivity index (χ3v) is 7.34. The van der Waals surface area contributed by atoms with Crippen LogP contribution in [0, 0.1) is 12.8 Å². The van der Waals surface area contributed by atoms with E-state index in [0.717, 1.165) is 6.54 Å². The van der Waals surface area contributed by atoms with E-state index < -0.39 is 10.0 Å². The summed E-state index contributed by atoms with van der Waals surface area (Å²) in [5, 5.41) is 11.1. The van der Waals surface area contributed by atoms with Gasteiger partial charge in [0.2, 0.25) is 15.9 Å². The normalized spacial score (nSPS) is 16.6. The van der Waals surface area contributed by atoms with Crippen LogP contribution in [0.15, 0.2) is 17.3 Å². The molecule has 0 atom stereocenters. The van der Waals surface area contributed by atoms with Gasteiger partial charge in [0.15, 0.2) is 0 Å². The molecule has 3 rings (SSSR count). The number of amides is 1. The predicted octanol–water partition coefficient (Wildman–Crippen LogP) is 1.64. The van der Waals surface area contributed by atoms with Gasteiger partial charge >= 0.3 is 0 Å². The van der Waals surface area contributed by atoms with Crippen molar-refractivity contribution < 1.29 is 13.2 Å². The number of nitrogens with one attached hydrogen (secondary N) is 1. The number of hydrogen-bond acceptors (Lipinski definition) is 5. The maximum absolute atomic E-state index is 12.9. The zero-order chi connectivity index (χ0) is 19.8. The molecule has 1 amide bonds. The average molecular weight is 415 g/mol. The molecule has 148 valence electrons. The van der Waals surface area contributed by atoms with Crippen molar-refractivity contribution in [3.05, 3.63) is 23.2 Å². The maximum Gasteiger partial charge on any atom is 0.248 e. The smallest absolute Gasteiger partial charge is 0.248 e. The van der Waals surface area contributed by atoms with Crippen LogP contribution in [-0.4, -0.2) is 51.3 Å². The lowest BCUT2D eigenvalue weighted by atomic mass is 9.97. The van der Waals surface area contributed by atoms with Crippen molar-refractivity contribution in [3.8, 4) is 0 Å². The molecule has 0 aliphatic carbocycles. The van der Waals surface area contributed by atoms with Crippen LogP contribution in [0.5, 0.6) is 0 Å². The standard InChI is InChI=1S/C16H23ClN6O3S/c1-4-22-10-13(9-18-22)19-16(24)12-5-7-23(8-6-12)27(25,26)14-11(2)20-21(3)15(14)17/h9-10,12H,4-8H2,1-3H3,(H,19,24). The molecule has 27 heavy (non-hydrogen) atoms. The number of halogens is 1. The molecular weight excluding hydrogens is 392 g/mol. The Morgan fingerprint density at radius 3 is 2.56 bits per heavy atom. The van der Waals surface area contributed by atoms with E-state index in [9.17, 15) is 13.2 Å². The van der Waals surface area contributed by atoms with E-state index in [2.05, 4.69) is 15.5 Å². The first-order chi connectivity index (χ1) is 12.7. The van der Waals surface area contributed by atoms with E-state index in [1.54, 1.807) is 31.0 Å². The van der Waals surface area contributed by atoms with Crippen molar-refractivity contribution in [2.24, 2.45) is 13.0 Å². The van der Waals surface area contributed by atoms with Crippen molar-refractivity contribution in [2.75, 3.05) is 18.4 Å². The summed E-state index contributed by atoms with van der Waals surface area (Å²) in [6, 6.07) is 0. The van der Waals surface area contributed by atoms with Gasteiger partial charge in [-0.05, 0) is 26.7 Å². The van der Waals surface area contributed by atoms with Crippen LogP contribution in [0.4, 0.5) is 5.69 Å². The van der Waals surface area contributed by atoms with Crippen molar-refractivity contribution in [1.82, 2.24) is 23.9 Å².